The normalized spacial score (nSPS) is 11.2. The molecule has 2 N–H and O–H groups in total. The van der Waals surface area contributed by atoms with Crippen molar-refractivity contribution in [2.45, 2.75) is 33.1 Å². The zero-order chi connectivity index (χ0) is 19.3. The second-order valence-electron chi connectivity index (χ2n) is 7.60. The minimum Gasteiger partial charge on any atom is -0.363 e. The van der Waals surface area contributed by atoms with Crippen molar-refractivity contribution in [3.8, 4) is 0 Å². The number of carbonyl (C=O) groups excluding carboxylic acids is 1. The van der Waals surface area contributed by atoms with Gasteiger partial charge in [0.2, 0.25) is 5.95 Å². The fourth-order valence-corrected chi connectivity index (χ4v) is 2.43. The van der Waals surface area contributed by atoms with Crippen LogP contribution in [0.15, 0.2) is 30.3 Å². The number of aromatic nitrogens is 2. The zero-order valence-corrected chi connectivity index (χ0v) is 16.6. The van der Waals surface area contributed by atoms with Crippen LogP contribution in [-0.4, -0.2) is 43.1 Å². The van der Waals surface area contributed by atoms with Gasteiger partial charge in [0.05, 0.1) is 0 Å². The first-order valence-corrected chi connectivity index (χ1v) is 8.82. The summed E-state index contributed by atoms with van der Waals surface area (Å²) >= 11 is 0. The molecular formula is C20H29N5O. The van der Waals surface area contributed by atoms with Crippen molar-refractivity contribution in [1.29, 1.82) is 0 Å². The summed E-state index contributed by atoms with van der Waals surface area (Å²) in [5.74, 6) is 1.34. The van der Waals surface area contributed by atoms with Crippen LogP contribution in [0, 0.1) is 6.92 Å². The van der Waals surface area contributed by atoms with E-state index < -0.39 is 0 Å². The first kappa shape index (κ1) is 19.7. The van der Waals surface area contributed by atoms with E-state index in [1.807, 2.05) is 56.3 Å². The lowest BCUT2D eigenvalue weighted by Gasteiger charge is -2.19. The van der Waals surface area contributed by atoms with Gasteiger partial charge >= 0.3 is 0 Å². The quantitative estimate of drug-likeness (QED) is 0.780. The largest absolute Gasteiger partial charge is 0.363 e. The Bertz CT molecular complexity index is 748. The monoisotopic (exact) mass is 355 g/mol. The van der Waals surface area contributed by atoms with Crippen molar-refractivity contribution in [2.24, 2.45) is 0 Å². The maximum atomic E-state index is 12.2. The molecule has 0 aliphatic carbocycles. The molecule has 0 fully saturated rings. The molecule has 1 aromatic heterocycles. The number of nitrogens with zero attached hydrogens (tertiary/aromatic N) is 3. The summed E-state index contributed by atoms with van der Waals surface area (Å²) in [6.45, 7) is 9.45. The van der Waals surface area contributed by atoms with Crippen LogP contribution in [0.25, 0.3) is 0 Å². The second kappa shape index (κ2) is 8.17. The van der Waals surface area contributed by atoms with E-state index in [0.717, 1.165) is 11.5 Å². The lowest BCUT2D eigenvalue weighted by molar-refractivity contribution is 0.0955. The Labute approximate surface area is 156 Å². The van der Waals surface area contributed by atoms with Crippen LogP contribution in [0.5, 0.6) is 0 Å². The van der Waals surface area contributed by atoms with Crippen LogP contribution < -0.4 is 15.5 Å². The molecule has 1 heterocycles. The molecule has 6 nitrogen and oxygen atoms in total. The van der Waals surface area contributed by atoms with Crippen molar-refractivity contribution in [3.63, 3.8) is 0 Å². The van der Waals surface area contributed by atoms with Crippen LogP contribution in [-0.2, 0) is 5.41 Å². The van der Waals surface area contributed by atoms with Crippen LogP contribution in [0.4, 0.5) is 11.8 Å². The third kappa shape index (κ3) is 5.44. The Balaban J connectivity index is 1.85. The first-order chi connectivity index (χ1) is 12.2. The maximum Gasteiger partial charge on any atom is 0.251 e. The number of rotatable bonds is 6. The van der Waals surface area contributed by atoms with E-state index >= 15 is 0 Å². The topological polar surface area (TPSA) is 70.2 Å². The van der Waals surface area contributed by atoms with Gasteiger partial charge in [0.1, 0.15) is 5.82 Å². The Morgan fingerprint density at radius 2 is 1.73 bits per heavy atom. The van der Waals surface area contributed by atoms with E-state index in [1.54, 1.807) is 0 Å². The Morgan fingerprint density at radius 3 is 2.31 bits per heavy atom. The highest BCUT2D eigenvalue weighted by molar-refractivity contribution is 5.94. The smallest absolute Gasteiger partial charge is 0.251 e. The molecule has 0 radical (unpaired) electrons. The highest BCUT2D eigenvalue weighted by Crippen LogP contribution is 2.22. The average Bonchev–Trinajstić information content (AvgIpc) is 2.57. The molecule has 26 heavy (non-hydrogen) atoms. The van der Waals surface area contributed by atoms with Gasteiger partial charge in [-0.15, -0.1) is 0 Å². The highest BCUT2D eigenvalue weighted by Gasteiger charge is 2.14. The molecule has 0 aliphatic rings. The number of amides is 1. The van der Waals surface area contributed by atoms with Crippen LogP contribution in [0.3, 0.4) is 0 Å². The molecule has 2 aromatic rings. The fourth-order valence-electron chi connectivity index (χ4n) is 2.43. The zero-order valence-electron chi connectivity index (χ0n) is 16.6. The molecule has 1 amide bonds. The van der Waals surface area contributed by atoms with Crippen molar-refractivity contribution in [3.05, 3.63) is 47.2 Å². The second-order valence-corrected chi connectivity index (χ2v) is 7.60. The Hall–Kier alpha value is -2.63. The third-order valence-corrected chi connectivity index (χ3v) is 4.01. The van der Waals surface area contributed by atoms with Gasteiger partial charge in [0, 0.05) is 44.5 Å². The molecule has 0 atom stereocenters. The summed E-state index contributed by atoms with van der Waals surface area (Å²) in [4.78, 5) is 23.0. The molecule has 6 heteroatoms. The van der Waals surface area contributed by atoms with E-state index in [1.165, 1.54) is 5.56 Å². The summed E-state index contributed by atoms with van der Waals surface area (Å²) in [6.07, 6.45) is 0. The van der Waals surface area contributed by atoms with Gasteiger partial charge in [-0.2, -0.15) is 4.98 Å². The number of anilines is 2. The number of carbonyl (C=O) groups is 1. The molecular weight excluding hydrogens is 326 g/mol. The molecule has 0 unspecified atom stereocenters. The van der Waals surface area contributed by atoms with E-state index in [4.69, 9.17) is 0 Å². The van der Waals surface area contributed by atoms with Crippen LogP contribution >= 0.6 is 0 Å². The van der Waals surface area contributed by atoms with E-state index in [-0.39, 0.29) is 11.3 Å². The summed E-state index contributed by atoms with van der Waals surface area (Å²) < 4.78 is 0. The maximum absolute atomic E-state index is 12.2. The molecule has 2 rings (SSSR count). The molecule has 0 saturated heterocycles. The highest BCUT2D eigenvalue weighted by atomic mass is 16.1. The van der Waals surface area contributed by atoms with Crippen LogP contribution in [0.2, 0.25) is 0 Å². The molecule has 0 aliphatic heterocycles. The molecule has 1 aromatic carbocycles. The number of benzene rings is 1. The predicted octanol–water partition coefficient (Wildman–Crippen LogP) is 2.99. The summed E-state index contributed by atoms with van der Waals surface area (Å²) in [7, 11) is 3.88. The average molecular weight is 355 g/mol. The molecule has 0 spiro atoms. The Morgan fingerprint density at radius 1 is 1.08 bits per heavy atom. The number of hydrogen-bond acceptors (Lipinski definition) is 5. The Kier molecular flexibility index (Phi) is 6.18. The van der Waals surface area contributed by atoms with Crippen LogP contribution in [0.1, 0.15) is 42.4 Å². The van der Waals surface area contributed by atoms with E-state index in [0.29, 0.717) is 24.6 Å². The van der Waals surface area contributed by atoms with Gasteiger partial charge in [0.25, 0.3) is 5.91 Å². The molecule has 0 bridgehead atoms. The van der Waals surface area contributed by atoms with Gasteiger partial charge in [-0.1, -0.05) is 32.9 Å². The SMILES string of the molecule is Cc1cc(N(C)C)nc(NCCNC(=O)c2ccc(C(C)(C)C)cc2)n1. The van der Waals surface area contributed by atoms with Crippen molar-refractivity contribution >= 4 is 17.7 Å². The summed E-state index contributed by atoms with van der Waals surface area (Å²) in [5, 5.41) is 6.06. The summed E-state index contributed by atoms with van der Waals surface area (Å²) in [6, 6.07) is 9.69. The third-order valence-electron chi connectivity index (χ3n) is 4.01. The first-order valence-electron chi connectivity index (χ1n) is 8.82. The minimum atomic E-state index is -0.0774. The fraction of sp³-hybridized carbons (Fsp3) is 0.450. The van der Waals surface area contributed by atoms with Gasteiger partial charge < -0.3 is 15.5 Å². The molecule has 0 saturated carbocycles. The molecule has 140 valence electrons. The standard InChI is InChI=1S/C20H29N5O/c1-14-13-17(25(5)6)24-19(23-14)22-12-11-21-18(26)15-7-9-16(10-8-15)20(2,3)4/h7-10,13H,11-12H2,1-6H3,(H,21,26)(H,22,23,24). The lowest BCUT2D eigenvalue weighted by atomic mass is 9.87. The summed E-state index contributed by atoms with van der Waals surface area (Å²) in [5.41, 5.74) is 2.86. The van der Waals surface area contributed by atoms with Crippen molar-refractivity contribution in [1.82, 2.24) is 15.3 Å². The lowest BCUT2D eigenvalue weighted by Crippen LogP contribution is -2.29. The predicted molar refractivity (Wildman–Crippen MR) is 107 cm³/mol. The van der Waals surface area contributed by atoms with E-state index in [2.05, 4.69) is 41.4 Å². The van der Waals surface area contributed by atoms with E-state index in [9.17, 15) is 4.79 Å². The van der Waals surface area contributed by atoms with Gasteiger partial charge in [-0.05, 0) is 30.0 Å². The van der Waals surface area contributed by atoms with Gasteiger partial charge in [-0.3, -0.25) is 4.79 Å². The van der Waals surface area contributed by atoms with Gasteiger partial charge in [0.15, 0.2) is 0 Å². The number of aryl methyl sites for hydroxylation is 1. The van der Waals surface area contributed by atoms with Crippen molar-refractivity contribution < 1.29 is 4.79 Å². The number of hydrogen-bond donors (Lipinski definition) is 2. The number of nitrogens with one attached hydrogen (secondary N) is 2. The minimum absolute atomic E-state index is 0.0774. The van der Waals surface area contributed by atoms with Gasteiger partial charge in [-0.25, -0.2) is 4.98 Å². The van der Waals surface area contributed by atoms with Crippen molar-refractivity contribution in [2.75, 3.05) is 37.4 Å².